The molecule has 0 spiro atoms. The first-order valence-electron chi connectivity index (χ1n) is 9.96. The molecule has 0 aliphatic carbocycles. The predicted molar refractivity (Wildman–Crippen MR) is 118 cm³/mol. The number of fused-ring (bicyclic) bond motifs is 1. The molecule has 3 aromatic rings. The topological polar surface area (TPSA) is 106 Å². The first kappa shape index (κ1) is 21.1. The second-order valence-electron chi connectivity index (χ2n) is 7.20. The third-order valence-corrected chi connectivity index (χ3v) is 5.10. The number of amides is 1. The smallest absolute Gasteiger partial charge is 0.277 e. The van der Waals surface area contributed by atoms with Crippen LogP contribution in [0.2, 0.25) is 0 Å². The van der Waals surface area contributed by atoms with Crippen LogP contribution in [0.15, 0.2) is 72.8 Å². The minimum atomic E-state index is -0.779. The highest BCUT2D eigenvalue weighted by Gasteiger charge is 2.34. The molecule has 32 heavy (non-hydrogen) atoms. The third-order valence-electron chi connectivity index (χ3n) is 5.10. The lowest BCUT2D eigenvalue weighted by Gasteiger charge is -2.36. The van der Waals surface area contributed by atoms with Crippen molar-refractivity contribution in [3.63, 3.8) is 0 Å². The van der Waals surface area contributed by atoms with Crippen LogP contribution in [0.4, 0.5) is 11.4 Å². The number of methoxy groups -OCH3 is 1. The molecule has 1 aliphatic heterocycles. The molecule has 1 aliphatic rings. The molecule has 1 unspecified atom stereocenters. The fourth-order valence-corrected chi connectivity index (χ4v) is 3.55. The normalized spacial score (nSPS) is 15.2. The van der Waals surface area contributed by atoms with E-state index in [9.17, 15) is 14.9 Å². The number of hydrogen-bond donors (Lipinski definition) is 2. The van der Waals surface area contributed by atoms with E-state index in [-0.39, 0.29) is 18.1 Å². The number of nitro groups is 1. The van der Waals surface area contributed by atoms with E-state index in [0.29, 0.717) is 29.3 Å². The van der Waals surface area contributed by atoms with Gasteiger partial charge >= 0.3 is 0 Å². The van der Waals surface area contributed by atoms with Gasteiger partial charge in [-0.05, 0) is 36.4 Å². The number of hydrogen-bond acceptors (Lipinski definition) is 7. The number of anilines is 1. The van der Waals surface area contributed by atoms with Gasteiger partial charge in [0.2, 0.25) is 0 Å². The minimum Gasteiger partial charge on any atom is -0.497 e. The second-order valence-corrected chi connectivity index (χ2v) is 7.20. The Kier molecular flexibility index (Phi) is 6.18. The van der Waals surface area contributed by atoms with Crippen molar-refractivity contribution in [3.8, 4) is 11.5 Å². The van der Waals surface area contributed by atoms with Crippen LogP contribution >= 0.6 is 0 Å². The maximum absolute atomic E-state index is 12.7. The number of nitrogens with one attached hydrogen (secondary N) is 2. The summed E-state index contributed by atoms with van der Waals surface area (Å²) in [6.07, 6.45) is -0.779. The van der Waals surface area contributed by atoms with E-state index >= 15 is 0 Å². The quantitative estimate of drug-likeness (QED) is 0.432. The van der Waals surface area contributed by atoms with Gasteiger partial charge in [-0.15, -0.1) is 0 Å². The fourth-order valence-electron chi connectivity index (χ4n) is 3.55. The van der Waals surface area contributed by atoms with Crippen LogP contribution in [0.25, 0.3) is 0 Å². The number of nitro benzene ring substituents is 1. The lowest BCUT2D eigenvalue weighted by Crippen LogP contribution is -2.44. The highest BCUT2D eigenvalue weighted by Crippen LogP contribution is 2.38. The summed E-state index contributed by atoms with van der Waals surface area (Å²) < 4.78 is 11.2. The summed E-state index contributed by atoms with van der Waals surface area (Å²) in [6, 6.07) is 21.0. The van der Waals surface area contributed by atoms with Gasteiger partial charge in [-0.2, -0.15) is 0 Å². The Hall–Kier alpha value is -4.11. The van der Waals surface area contributed by atoms with Crippen molar-refractivity contribution in [2.24, 2.45) is 0 Å². The summed E-state index contributed by atoms with van der Waals surface area (Å²) in [5.74, 6) is 1.04. The molecule has 0 radical (unpaired) electrons. The second kappa shape index (κ2) is 9.36. The molecule has 9 heteroatoms. The van der Waals surface area contributed by atoms with Crippen molar-refractivity contribution in [3.05, 3.63) is 94.0 Å². The number of carbonyl (C=O) groups excluding carboxylic acids is 1. The molecule has 2 N–H and O–H groups in total. The number of para-hydroxylation sites is 2. The van der Waals surface area contributed by atoms with Crippen LogP contribution in [0.3, 0.4) is 0 Å². The molecule has 0 aromatic heterocycles. The fraction of sp³-hybridized carbons (Fsp3) is 0.174. The van der Waals surface area contributed by atoms with Crippen LogP contribution in [0.1, 0.15) is 17.4 Å². The van der Waals surface area contributed by atoms with Gasteiger partial charge in [-0.1, -0.05) is 30.3 Å². The first-order valence-corrected chi connectivity index (χ1v) is 9.96. The van der Waals surface area contributed by atoms with Crippen LogP contribution in [0, 0.1) is 10.1 Å². The zero-order chi connectivity index (χ0) is 22.5. The Labute approximate surface area is 184 Å². The average Bonchev–Trinajstić information content (AvgIpc) is 2.82. The number of rotatable bonds is 7. The van der Waals surface area contributed by atoms with E-state index in [4.69, 9.17) is 9.47 Å². The lowest BCUT2D eigenvalue weighted by atomic mass is 10.1. The number of nitrogens with zero attached hydrogens (tertiary/aromatic N) is 2. The lowest BCUT2D eigenvalue weighted by molar-refractivity contribution is -0.386. The summed E-state index contributed by atoms with van der Waals surface area (Å²) in [7, 11) is 1.58. The largest absolute Gasteiger partial charge is 0.497 e. The number of ether oxygens (including phenoxy) is 2. The zero-order valence-electron chi connectivity index (χ0n) is 17.4. The molecular weight excluding hydrogens is 412 g/mol. The van der Waals surface area contributed by atoms with Crippen molar-refractivity contribution in [1.82, 2.24) is 10.3 Å². The SMILES string of the molecule is COc1ccc(NNC(=O)CN2Cc3ccccc3OC2c2ccccc2[N+](=O)[O-])cc1. The molecule has 1 atom stereocenters. The van der Waals surface area contributed by atoms with Gasteiger partial charge in [-0.25, -0.2) is 0 Å². The summed E-state index contributed by atoms with van der Waals surface area (Å²) in [5.41, 5.74) is 7.44. The molecule has 0 bridgehead atoms. The van der Waals surface area contributed by atoms with E-state index in [0.717, 1.165) is 5.56 Å². The standard InChI is InChI=1S/C23H22N4O5/c1-31-18-12-10-17(11-13-18)24-25-22(28)15-26-14-16-6-2-5-9-21(16)32-23(26)19-7-3-4-8-20(19)27(29)30/h2-13,23-24H,14-15H2,1H3,(H,25,28). The van der Waals surface area contributed by atoms with E-state index in [1.54, 1.807) is 54.5 Å². The van der Waals surface area contributed by atoms with Crippen molar-refractivity contribution < 1.29 is 19.2 Å². The summed E-state index contributed by atoms with van der Waals surface area (Å²) in [6.45, 7) is 0.372. The van der Waals surface area contributed by atoms with E-state index in [2.05, 4.69) is 10.9 Å². The van der Waals surface area contributed by atoms with Crippen LogP contribution in [-0.4, -0.2) is 29.4 Å². The summed E-state index contributed by atoms with van der Waals surface area (Å²) >= 11 is 0. The number of carbonyl (C=O) groups is 1. The summed E-state index contributed by atoms with van der Waals surface area (Å²) in [4.78, 5) is 25.6. The van der Waals surface area contributed by atoms with Gasteiger partial charge in [0.1, 0.15) is 11.5 Å². The molecular formula is C23H22N4O5. The van der Waals surface area contributed by atoms with Crippen molar-refractivity contribution in [2.75, 3.05) is 19.1 Å². The molecule has 3 aromatic carbocycles. The Balaban J connectivity index is 1.53. The van der Waals surface area contributed by atoms with Crippen molar-refractivity contribution in [1.29, 1.82) is 0 Å². The molecule has 4 rings (SSSR count). The average molecular weight is 434 g/mol. The molecule has 9 nitrogen and oxygen atoms in total. The van der Waals surface area contributed by atoms with Crippen LogP contribution in [-0.2, 0) is 11.3 Å². The van der Waals surface area contributed by atoms with E-state index < -0.39 is 11.2 Å². The van der Waals surface area contributed by atoms with Crippen LogP contribution < -0.4 is 20.3 Å². The number of benzene rings is 3. The highest BCUT2D eigenvalue weighted by atomic mass is 16.6. The van der Waals surface area contributed by atoms with E-state index in [1.807, 2.05) is 24.3 Å². The molecule has 1 heterocycles. The van der Waals surface area contributed by atoms with Crippen molar-refractivity contribution >= 4 is 17.3 Å². The molecule has 1 amide bonds. The van der Waals surface area contributed by atoms with Gasteiger partial charge in [0.05, 0.1) is 29.8 Å². The van der Waals surface area contributed by atoms with E-state index in [1.165, 1.54) is 6.07 Å². The molecule has 0 saturated heterocycles. The molecule has 0 fully saturated rings. The third kappa shape index (κ3) is 4.62. The predicted octanol–water partition coefficient (Wildman–Crippen LogP) is 3.64. The minimum absolute atomic E-state index is 0.0335. The zero-order valence-corrected chi connectivity index (χ0v) is 17.4. The van der Waals surface area contributed by atoms with Gasteiger partial charge in [0.25, 0.3) is 11.6 Å². The maximum Gasteiger partial charge on any atom is 0.277 e. The maximum atomic E-state index is 12.7. The van der Waals surface area contributed by atoms with Crippen molar-refractivity contribution in [2.45, 2.75) is 12.8 Å². The Morgan fingerprint density at radius 1 is 1.12 bits per heavy atom. The van der Waals surface area contributed by atoms with Gasteiger partial charge in [0, 0.05) is 18.2 Å². The Morgan fingerprint density at radius 2 is 1.84 bits per heavy atom. The Bertz CT molecular complexity index is 1120. The number of hydrazine groups is 1. The Morgan fingerprint density at radius 3 is 2.59 bits per heavy atom. The molecule has 0 saturated carbocycles. The summed E-state index contributed by atoms with van der Waals surface area (Å²) in [5, 5.41) is 11.6. The highest BCUT2D eigenvalue weighted by molar-refractivity contribution is 5.79. The monoisotopic (exact) mass is 434 g/mol. The van der Waals surface area contributed by atoms with Crippen LogP contribution in [0.5, 0.6) is 11.5 Å². The molecule has 164 valence electrons. The van der Waals surface area contributed by atoms with Gasteiger partial charge in [0.15, 0.2) is 6.23 Å². The van der Waals surface area contributed by atoms with Gasteiger partial charge < -0.3 is 9.47 Å². The first-order chi connectivity index (χ1) is 15.5. The van der Waals surface area contributed by atoms with Gasteiger partial charge in [-0.3, -0.25) is 30.7 Å².